The Labute approximate surface area is 156 Å². The summed E-state index contributed by atoms with van der Waals surface area (Å²) in [6.07, 6.45) is 3.81. The fourth-order valence-corrected chi connectivity index (χ4v) is 3.76. The number of nitrogens with one attached hydrogen (secondary N) is 1. The molecule has 1 aliphatic heterocycles. The fourth-order valence-electron chi connectivity index (χ4n) is 3.76. The number of piperidine rings is 1. The summed E-state index contributed by atoms with van der Waals surface area (Å²) in [5.41, 5.74) is 0.179. The van der Waals surface area contributed by atoms with E-state index in [-0.39, 0.29) is 29.7 Å². The number of likely N-dealkylation sites (tertiary alicyclic amines) is 1. The lowest BCUT2D eigenvalue weighted by Gasteiger charge is -2.31. The minimum atomic E-state index is -0.433. The number of anilines is 1. The van der Waals surface area contributed by atoms with E-state index < -0.39 is 5.82 Å². The Morgan fingerprint density at radius 3 is 2.59 bits per heavy atom. The van der Waals surface area contributed by atoms with Crippen LogP contribution in [0.1, 0.15) is 43.5 Å². The van der Waals surface area contributed by atoms with Crippen LogP contribution in [0.3, 0.4) is 0 Å². The minimum absolute atomic E-state index is 0.0285. The summed E-state index contributed by atoms with van der Waals surface area (Å²) < 4.78 is 16.9. The molecule has 8 heteroatoms. The van der Waals surface area contributed by atoms with E-state index in [0.29, 0.717) is 6.04 Å². The second kappa shape index (κ2) is 7.26. The standard InChI is InChI=1S/C19H24FN5O2/c1-23-19(27)25(14-6-7-14)18(22-23)13-8-10-24(11-9-13)12-17(26)21-16-5-3-2-4-15(16)20/h2-5,13-14H,6-12H2,1H3,(H,21,26). The summed E-state index contributed by atoms with van der Waals surface area (Å²) in [5, 5.41) is 7.10. The number of rotatable bonds is 5. The summed E-state index contributed by atoms with van der Waals surface area (Å²) in [7, 11) is 1.70. The molecule has 0 unspecified atom stereocenters. The molecule has 0 spiro atoms. The van der Waals surface area contributed by atoms with Gasteiger partial charge in [-0.05, 0) is 50.9 Å². The lowest BCUT2D eigenvalue weighted by molar-refractivity contribution is -0.117. The van der Waals surface area contributed by atoms with Gasteiger partial charge in [0.2, 0.25) is 5.91 Å². The first kappa shape index (κ1) is 17.9. The maximum atomic E-state index is 13.6. The highest BCUT2D eigenvalue weighted by Gasteiger charge is 2.33. The third kappa shape index (κ3) is 3.80. The first-order valence-electron chi connectivity index (χ1n) is 9.45. The molecule has 1 N–H and O–H groups in total. The van der Waals surface area contributed by atoms with Gasteiger partial charge in [0.1, 0.15) is 11.6 Å². The molecule has 2 heterocycles. The summed E-state index contributed by atoms with van der Waals surface area (Å²) in [5.74, 6) is 0.481. The van der Waals surface area contributed by atoms with Crippen molar-refractivity contribution >= 4 is 11.6 Å². The van der Waals surface area contributed by atoms with Gasteiger partial charge in [0.25, 0.3) is 0 Å². The molecule has 7 nitrogen and oxygen atoms in total. The van der Waals surface area contributed by atoms with E-state index in [2.05, 4.69) is 15.3 Å². The van der Waals surface area contributed by atoms with E-state index in [1.54, 1.807) is 25.2 Å². The smallest absolute Gasteiger partial charge is 0.322 e. The van der Waals surface area contributed by atoms with Gasteiger partial charge in [-0.2, -0.15) is 5.10 Å². The summed E-state index contributed by atoms with van der Waals surface area (Å²) in [4.78, 5) is 26.6. The van der Waals surface area contributed by atoms with Gasteiger partial charge in [-0.1, -0.05) is 12.1 Å². The molecule has 1 aliphatic carbocycles. The van der Waals surface area contributed by atoms with Gasteiger partial charge in [0.05, 0.1) is 12.2 Å². The number of amides is 1. The van der Waals surface area contributed by atoms with Crippen LogP contribution in [0, 0.1) is 5.82 Å². The average molecular weight is 373 g/mol. The third-order valence-electron chi connectivity index (χ3n) is 5.36. The number of benzene rings is 1. The topological polar surface area (TPSA) is 72.2 Å². The Balaban J connectivity index is 1.34. The van der Waals surface area contributed by atoms with Crippen LogP contribution in [0.25, 0.3) is 0 Å². The molecule has 1 amide bonds. The van der Waals surface area contributed by atoms with E-state index >= 15 is 0 Å². The van der Waals surface area contributed by atoms with E-state index in [0.717, 1.165) is 44.6 Å². The number of hydrogen-bond donors (Lipinski definition) is 1. The first-order chi connectivity index (χ1) is 13.0. The zero-order valence-electron chi connectivity index (χ0n) is 15.4. The number of carbonyl (C=O) groups excluding carboxylic acids is 1. The SMILES string of the molecule is Cn1nc(C2CCN(CC(=O)Nc3ccccc3F)CC2)n(C2CC2)c1=O. The molecule has 144 valence electrons. The van der Waals surface area contributed by atoms with E-state index in [4.69, 9.17) is 0 Å². The molecule has 1 aromatic heterocycles. The predicted molar refractivity (Wildman–Crippen MR) is 99.2 cm³/mol. The van der Waals surface area contributed by atoms with Crippen LogP contribution in [0.15, 0.2) is 29.1 Å². The molecule has 2 aromatic rings. The molecule has 1 saturated carbocycles. The summed E-state index contributed by atoms with van der Waals surface area (Å²) >= 11 is 0. The molecule has 1 aromatic carbocycles. The van der Waals surface area contributed by atoms with Crippen molar-refractivity contribution < 1.29 is 9.18 Å². The second-order valence-electron chi connectivity index (χ2n) is 7.44. The van der Waals surface area contributed by atoms with Crippen LogP contribution in [0.2, 0.25) is 0 Å². The zero-order valence-corrected chi connectivity index (χ0v) is 15.4. The van der Waals surface area contributed by atoms with Crippen LogP contribution in [-0.4, -0.2) is 44.8 Å². The van der Waals surface area contributed by atoms with Gasteiger partial charge in [0.15, 0.2) is 0 Å². The van der Waals surface area contributed by atoms with Crippen molar-refractivity contribution in [2.45, 2.75) is 37.6 Å². The Kier molecular flexibility index (Phi) is 4.82. The van der Waals surface area contributed by atoms with Crippen LogP contribution >= 0.6 is 0 Å². The number of carbonyl (C=O) groups is 1. The van der Waals surface area contributed by atoms with E-state index in [1.807, 2.05) is 4.57 Å². The van der Waals surface area contributed by atoms with Crippen LogP contribution in [0.5, 0.6) is 0 Å². The van der Waals surface area contributed by atoms with Crippen molar-refractivity contribution in [3.8, 4) is 0 Å². The van der Waals surface area contributed by atoms with Crippen molar-refractivity contribution in [1.29, 1.82) is 0 Å². The van der Waals surface area contributed by atoms with Gasteiger partial charge in [-0.25, -0.2) is 13.9 Å². The summed E-state index contributed by atoms with van der Waals surface area (Å²) in [6, 6.07) is 6.47. The molecule has 0 radical (unpaired) electrons. The van der Waals surface area contributed by atoms with Crippen LogP contribution in [0.4, 0.5) is 10.1 Å². The highest BCUT2D eigenvalue weighted by Crippen LogP contribution is 2.37. The number of halogens is 1. The van der Waals surface area contributed by atoms with Crippen molar-refractivity contribution in [2.24, 2.45) is 7.05 Å². The van der Waals surface area contributed by atoms with E-state index in [1.165, 1.54) is 10.7 Å². The maximum absolute atomic E-state index is 13.6. The monoisotopic (exact) mass is 373 g/mol. The van der Waals surface area contributed by atoms with Gasteiger partial charge in [-0.3, -0.25) is 14.3 Å². The van der Waals surface area contributed by atoms with Crippen molar-refractivity contribution in [1.82, 2.24) is 19.2 Å². The normalized spacial score (nSPS) is 18.6. The van der Waals surface area contributed by atoms with Crippen molar-refractivity contribution in [3.63, 3.8) is 0 Å². The van der Waals surface area contributed by atoms with Crippen molar-refractivity contribution in [3.05, 3.63) is 46.4 Å². The molecule has 4 rings (SSSR count). The van der Waals surface area contributed by atoms with E-state index in [9.17, 15) is 14.0 Å². The largest absolute Gasteiger partial charge is 0.345 e. The fraction of sp³-hybridized carbons (Fsp3) is 0.526. The molecule has 2 aliphatic rings. The Morgan fingerprint density at radius 1 is 1.22 bits per heavy atom. The first-order valence-corrected chi connectivity index (χ1v) is 9.45. The van der Waals surface area contributed by atoms with Crippen LogP contribution < -0.4 is 11.0 Å². The molecular formula is C19H24FN5O2. The number of nitrogens with zero attached hydrogens (tertiary/aromatic N) is 4. The zero-order chi connectivity index (χ0) is 19.0. The molecule has 27 heavy (non-hydrogen) atoms. The molecule has 2 fully saturated rings. The maximum Gasteiger partial charge on any atom is 0.345 e. The van der Waals surface area contributed by atoms with Gasteiger partial charge in [0, 0.05) is 19.0 Å². The lowest BCUT2D eigenvalue weighted by atomic mass is 9.96. The lowest BCUT2D eigenvalue weighted by Crippen LogP contribution is -2.39. The molecule has 0 atom stereocenters. The highest BCUT2D eigenvalue weighted by atomic mass is 19.1. The van der Waals surface area contributed by atoms with Crippen molar-refractivity contribution in [2.75, 3.05) is 25.0 Å². The molecule has 1 saturated heterocycles. The van der Waals surface area contributed by atoms with Gasteiger partial charge >= 0.3 is 5.69 Å². The predicted octanol–water partition coefficient (Wildman–Crippen LogP) is 1.87. The van der Waals surface area contributed by atoms with Gasteiger partial charge < -0.3 is 5.32 Å². The number of hydrogen-bond acceptors (Lipinski definition) is 4. The quantitative estimate of drug-likeness (QED) is 0.869. The highest BCUT2D eigenvalue weighted by molar-refractivity contribution is 5.92. The number of para-hydroxylation sites is 1. The van der Waals surface area contributed by atoms with Crippen LogP contribution in [-0.2, 0) is 11.8 Å². The molecule has 0 bridgehead atoms. The molecular weight excluding hydrogens is 349 g/mol. The number of aromatic nitrogens is 3. The van der Waals surface area contributed by atoms with Gasteiger partial charge in [-0.15, -0.1) is 0 Å². The second-order valence-corrected chi connectivity index (χ2v) is 7.44. The minimum Gasteiger partial charge on any atom is -0.322 e. The average Bonchev–Trinajstić information content (AvgIpc) is 3.44. The number of aryl methyl sites for hydroxylation is 1. The Morgan fingerprint density at radius 2 is 1.93 bits per heavy atom. The third-order valence-corrected chi connectivity index (χ3v) is 5.36. The Hall–Kier alpha value is -2.48. The Bertz CT molecular complexity index is 894. The summed E-state index contributed by atoms with van der Waals surface area (Å²) in [6.45, 7) is 1.74.